The summed E-state index contributed by atoms with van der Waals surface area (Å²) < 4.78 is 1.49. The highest BCUT2D eigenvalue weighted by atomic mass is 16.4. The highest BCUT2D eigenvalue weighted by Gasteiger charge is 2.27. The minimum Gasteiger partial charge on any atom is -0.481 e. The van der Waals surface area contributed by atoms with E-state index in [4.69, 9.17) is 5.11 Å². The summed E-state index contributed by atoms with van der Waals surface area (Å²) in [5, 5.41) is 16.2. The van der Waals surface area contributed by atoms with Crippen molar-refractivity contribution in [2.75, 3.05) is 6.54 Å². The standard InChI is InChI=1S/C12H18N4O3/c17-11(9-15-8-6-13-14-15)16-7-2-1-3-10(16)4-5-12(18)19/h6,8,10H,1-5,7,9H2,(H,18,19). The summed E-state index contributed by atoms with van der Waals surface area (Å²) in [5.41, 5.74) is 0. The van der Waals surface area contributed by atoms with E-state index in [2.05, 4.69) is 10.3 Å². The van der Waals surface area contributed by atoms with Crippen LogP contribution in [0.3, 0.4) is 0 Å². The maximum absolute atomic E-state index is 12.2. The Labute approximate surface area is 111 Å². The third-order valence-electron chi connectivity index (χ3n) is 3.41. The van der Waals surface area contributed by atoms with Crippen LogP contribution >= 0.6 is 0 Å². The molecule has 1 aliphatic heterocycles. The van der Waals surface area contributed by atoms with Gasteiger partial charge in [-0.15, -0.1) is 5.10 Å². The number of hydrogen-bond acceptors (Lipinski definition) is 4. The summed E-state index contributed by atoms with van der Waals surface area (Å²) >= 11 is 0. The van der Waals surface area contributed by atoms with Gasteiger partial charge in [-0.05, 0) is 25.7 Å². The number of carbonyl (C=O) groups is 2. The molecule has 2 rings (SSSR count). The number of carbonyl (C=O) groups excluding carboxylic acids is 1. The molecule has 0 aliphatic carbocycles. The van der Waals surface area contributed by atoms with Crippen LogP contribution in [0.4, 0.5) is 0 Å². The second-order valence-corrected chi connectivity index (χ2v) is 4.77. The fraction of sp³-hybridized carbons (Fsp3) is 0.667. The number of rotatable bonds is 5. The van der Waals surface area contributed by atoms with E-state index in [0.29, 0.717) is 13.0 Å². The second kappa shape index (κ2) is 6.31. The van der Waals surface area contributed by atoms with E-state index in [9.17, 15) is 9.59 Å². The predicted octanol–water partition coefficient (Wildman–Crippen LogP) is 0.524. The Hall–Kier alpha value is -1.92. The number of aliphatic carboxylic acids is 1. The Kier molecular flexibility index (Phi) is 4.48. The minimum absolute atomic E-state index is 0.0133. The molecule has 0 aromatic carbocycles. The van der Waals surface area contributed by atoms with E-state index in [-0.39, 0.29) is 24.9 Å². The summed E-state index contributed by atoms with van der Waals surface area (Å²) in [6, 6.07) is 0.0425. The zero-order chi connectivity index (χ0) is 13.7. The third-order valence-corrected chi connectivity index (χ3v) is 3.41. The Bertz CT molecular complexity index is 432. The fourth-order valence-electron chi connectivity index (χ4n) is 2.47. The lowest BCUT2D eigenvalue weighted by atomic mass is 9.98. The van der Waals surface area contributed by atoms with Crippen molar-refractivity contribution in [2.24, 2.45) is 0 Å². The molecule has 1 fully saturated rings. The van der Waals surface area contributed by atoms with Crippen molar-refractivity contribution in [2.45, 2.75) is 44.7 Å². The maximum atomic E-state index is 12.2. The van der Waals surface area contributed by atoms with Gasteiger partial charge in [0.05, 0.1) is 6.20 Å². The average molecular weight is 266 g/mol. The van der Waals surface area contributed by atoms with E-state index in [0.717, 1.165) is 19.3 Å². The van der Waals surface area contributed by atoms with Crippen molar-refractivity contribution in [3.8, 4) is 0 Å². The predicted molar refractivity (Wildman–Crippen MR) is 66.2 cm³/mol. The van der Waals surface area contributed by atoms with Gasteiger partial charge >= 0.3 is 5.97 Å². The monoisotopic (exact) mass is 266 g/mol. The number of piperidine rings is 1. The number of amides is 1. The molecule has 7 nitrogen and oxygen atoms in total. The number of hydrogen-bond donors (Lipinski definition) is 1. The lowest BCUT2D eigenvalue weighted by Crippen LogP contribution is -2.45. The average Bonchev–Trinajstić information content (AvgIpc) is 2.89. The first-order valence-corrected chi connectivity index (χ1v) is 6.52. The number of nitrogens with zero attached hydrogens (tertiary/aromatic N) is 4. The Balaban J connectivity index is 1.94. The van der Waals surface area contributed by atoms with Crippen molar-refractivity contribution in [1.82, 2.24) is 19.9 Å². The number of likely N-dealkylation sites (tertiary alicyclic amines) is 1. The van der Waals surface area contributed by atoms with Crippen LogP contribution in [0, 0.1) is 0 Å². The number of carboxylic acids is 1. The molecule has 7 heteroatoms. The SMILES string of the molecule is O=C(O)CCC1CCCCN1C(=O)Cn1ccnn1. The van der Waals surface area contributed by atoms with Crippen molar-refractivity contribution in [1.29, 1.82) is 0 Å². The van der Waals surface area contributed by atoms with Crippen LogP contribution in [0.25, 0.3) is 0 Å². The summed E-state index contributed by atoms with van der Waals surface area (Å²) in [6.45, 7) is 0.876. The van der Waals surface area contributed by atoms with Crippen LogP contribution in [-0.4, -0.2) is 49.5 Å². The molecule has 0 saturated carbocycles. The van der Waals surface area contributed by atoms with Gasteiger partial charge in [0.1, 0.15) is 6.54 Å². The Morgan fingerprint density at radius 2 is 2.21 bits per heavy atom. The van der Waals surface area contributed by atoms with Gasteiger partial charge in [-0.3, -0.25) is 9.59 Å². The molecule has 1 aromatic heterocycles. The van der Waals surface area contributed by atoms with E-state index >= 15 is 0 Å². The number of aromatic nitrogens is 3. The van der Waals surface area contributed by atoms with Gasteiger partial charge in [-0.2, -0.15) is 0 Å². The zero-order valence-electron chi connectivity index (χ0n) is 10.7. The van der Waals surface area contributed by atoms with Gasteiger partial charge in [0, 0.05) is 25.2 Å². The van der Waals surface area contributed by atoms with Gasteiger partial charge in [0.25, 0.3) is 0 Å². The molecule has 0 radical (unpaired) electrons. The lowest BCUT2D eigenvalue weighted by Gasteiger charge is -2.35. The van der Waals surface area contributed by atoms with E-state index < -0.39 is 5.97 Å². The molecule has 1 saturated heterocycles. The highest BCUT2D eigenvalue weighted by molar-refractivity contribution is 5.76. The topological polar surface area (TPSA) is 88.3 Å². The van der Waals surface area contributed by atoms with Crippen LogP contribution in [-0.2, 0) is 16.1 Å². The maximum Gasteiger partial charge on any atom is 0.303 e. The first-order valence-electron chi connectivity index (χ1n) is 6.52. The third kappa shape index (κ3) is 3.77. The molecule has 2 heterocycles. The first kappa shape index (κ1) is 13.5. The van der Waals surface area contributed by atoms with Gasteiger partial charge < -0.3 is 10.0 Å². The van der Waals surface area contributed by atoms with Crippen LogP contribution in [0.2, 0.25) is 0 Å². The minimum atomic E-state index is -0.811. The normalized spacial score (nSPS) is 19.4. The van der Waals surface area contributed by atoms with Gasteiger partial charge in [0.2, 0.25) is 5.91 Å². The summed E-state index contributed by atoms with van der Waals surface area (Å²) in [4.78, 5) is 24.7. The van der Waals surface area contributed by atoms with Crippen molar-refractivity contribution < 1.29 is 14.7 Å². The summed E-state index contributed by atoms with van der Waals surface area (Å²) in [5.74, 6) is -0.824. The first-order chi connectivity index (χ1) is 9.16. The van der Waals surface area contributed by atoms with E-state index in [1.54, 1.807) is 11.1 Å². The van der Waals surface area contributed by atoms with Gasteiger partial charge in [0.15, 0.2) is 0 Å². The molecule has 0 spiro atoms. The molecule has 1 unspecified atom stereocenters. The molecule has 1 amide bonds. The van der Waals surface area contributed by atoms with E-state index in [1.807, 2.05) is 0 Å². The van der Waals surface area contributed by atoms with Crippen LogP contribution in [0.15, 0.2) is 12.4 Å². The largest absolute Gasteiger partial charge is 0.481 e. The molecule has 1 aromatic rings. The molecule has 1 aliphatic rings. The Morgan fingerprint density at radius 3 is 2.89 bits per heavy atom. The fourth-order valence-corrected chi connectivity index (χ4v) is 2.47. The van der Waals surface area contributed by atoms with Gasteiger partial charge in [-0.1, -0.05) is 5.21 Å². The molecular formula is C12H18N4O3. The molecular weight excluding hydrogens is 248 g/mol. The van der Waals surface area contributed by atoms with Crippen molar-refractivity contribution in [3.63, 3.8) is 0 Å². The van der Waals surface area contributed by atoms with Crippen molar-refractivity contribution >= 4 is 11.9 Å². The van der Waals surface area contributed by atoms with Crippen LogP contribution < -0.4 is 0 Å². The smallest absolute Gasteiger partial charge is 0.303 e. The summed E-state index contributed by atoms with van der Waals surface area (Å²) in [7, 11) is 0. The lowest BCUT2D eigenvalue weighted by molar-refractivity contribution is -0.140. The summed E-state index contributed by atoms with van der Waals surface area (Å²) in [6.07, 6.45) is 6.73. The molecule has 1 N–H and O–H groups in total. The Morgan fingerprint density at radius 1 is 1.37 bits per heavy atom. The zero-order valence-corrected chi connectivity index (χ0v) is 10.7. The highest BCUT2D eigenvalue weighted by Crippen LogP contribution is 2.21. The van der Waals surface area contributed by atoms with Gasteiger partial charge in [-0.25, -0.2) is 4.68 Å². The van der Waals surface area contributed by atoms with Crippen LogP contribution in [0.1, 0.15) is 32.1 Å². The quantitative estimate of drug-likeness (QED) is 0.839. The molecule has 1 atom stereocenters. The molecule has 104 valence electrons. The number of carboxylic acid groups (broad SMARTS) is 1. The second-order valence-electron chi connectivity index (χ2n) is 4.77. The van der Waals surface area contributed by atoms with Crippen molar-refractivity contribution in [3.05, 3.63) is 12.4 Å². The van der Waals surface area contributed by atoms with Crippen LogP contribution in [0.5, 0.6) is 0 Å². The van der Waals surface area contributed by atoms with E-state index in [1.165, 1.54) is 10.9 Å². The molecule has 0 bridgehead atoms. The molecule has 19 heavy (non-hydrogen) atoms.